The van der Waals surface area contributed by atoms with Crippen molar-refractivity contribution in [1.29, 1.82) is 0 Å². The fraction of sp³-hybridized carbons (Fsp3) is 1.00. The maximum Gasteiger partial charge on any atom is 0.503 e. The zero-order valence-corrected chi connectivity index (χ0v) is 21.1. The van der Waals surface area contributed by atoms with Gasteiger partial charge in [0, 0.05) is 25.0 Å². The molecule has 0 saturated heterocycles. The van der Waals surface area contributed by atoms with Crippen LogP contribution in [0.25, 0.3) is 0 Å². The highest BCUT2D eigenvalue weighted by Crippen LogP contribution is 2.40. The van der Waals surface area contributed by atoms with E-state index in [9.17, 15) is 0 Å². The largest absolute Gasteiger partial charge is 0.503 e. The number of hydrogen-bond acceptors (Lipinski definition) is 4. The highest BCUT2D eigenvalue weighted by molar-refractivity contribution is 6.90. The first-order chi connectivity index (χ1) is 11.8. The molecule has 0 rings (SSSR count). The van der Waals surface area contributed by atoms with E-state index in [1.165, 1.54) is 32.1 Å². The van der Waals surface area contributed by atoms with E-state index in [-0.39, 0.29) is 0 Å². The van der Waals surface area contributed by atoms with Gasteiger partial charge < -0.3 is 17.4 Å². The van der Waals surface area contributed by atoms with Crippen molar-refractivity contribution in [3.63, 3.8) is 0 Å². The van der Waals surface area contributed by atoms with Gasteiger partial charge in [-0.25, -0.2) is 0 Å². The summed E-state index contributed by atoms with van der Waals surface area (Å²) in [6, 6.07) is 0. The van der Waals surface area contributed by atoms with Crippen molar-refractivity contribution in [2.24, 2.45) is 0 Å². The molecule has 0 aliphatic carbocycles. The van der Waals surface area contributed by atoms with Gasteiger partial charge in [-0.1, -0.05) is 39.0 Å². The lowest BCUT2D eigenvalue weighted by Gasteiger charge is -2.43. The van der Waals surface area contributed by atoms with Crippen molar-refractivity contribution in [1.82, 2.24) is 0 Å². The van der Waals surface area contributed by atoms with Crippen LogP contribution in [0.1, 0.15) is 66.2 Å². The molecule has 7 heteroatoms. The van der Waals surface area contributed by atoms with E-state index in [2.05, 4.69) is 33.1 Å². The summed E-state index contributed by atoms with van der Waals surface area (Å²) >= 11 is 0. The molecule has 0 N–H and O–H groups in total. The Balaban J connectivity index is 5.44. The van der Waals surface area contributed by atoms with Crippen LogP contribution in [0.5, 0.6) is 0 Å². The van der Waals surface area contributed by atoms with Gasteiger partial charge in [0.1, 0.15) is 0 Å². The van der Waals surface area contributed by atoms with Crippen LogP contribution >= 0.6 is 0 Å². The third-order valence-corrected chi connectivity index (χ3v) is 16.4. The van der Waals surface area contributed by atoms with Crippen LogP contribution in [0.15, 0.2) is 0 Å². The Morgan fingerprint density at radius 1 is 0.760 bits per heavy atom. The first-order valence-corrected chi connectivity index (χ1v) is 17.4. The highest BCUT2D eigenvalue weighted by Gasteiger charge is 2.57. The van der Waals surface area contributed by atoms with Crippen molar-refractivity contribution >= 4 is 26.2 Å². The quantitative estimate of drug-likeness (QED) is 0.240. The van der Waals surface area contributed by atoms with E-state index in [4.69, 9.17) is 17.4 Å². The minimum atomic E-state index is -2.74. The molecule has 0 aliphatic rings. The Morgan fingerprint density at radius 2 is 1.24 bits per heavy atom. The molecule has 0 spiro atoms. The van der Waals surface area contributed by atoms with Crippen molar-refractivity contribution in [2.45, 2.75) is 97.6 Å². The fourth-order valence-electron chi connectivity index (χ4n) is 3.53. The zero-order chi connectivity index (χ0) is 19.3. The fourth-order valence-corrected chi connectivity index (χ4v) is 16.5. The molecule has 0 bridgehead atoms. The minimum absolute atomic E-state index is 0.307. The number of unbranched alkanes of at least 4 members (excludes halogenated alkanes) is 4. The Hall–Kier alpha value is 0.491. The van der Waals surface area contributed by atoms with Crippen LogP contribution in [0.2, 0.25) is 31.4 Å². The molecule has 1 radical (unpaired) electrons. The molecule has 0 aromatic rings. The molecule has 0 aromatic carbocycles. The summed E-state index contributed by atoms with van der Waals surface area (Å²) in [5, 5.41) is 0.307. The van der Waals surface area contributed by atoms with Crippen molar-refractivity contribution in [3.8, 4) is 0 Å². The number of hydrogen-bond donors (Lipinski definition) is 0. The standard InChI is InChI=1S/C18H43O4Si3/c1-9-13-14-15-16-17-18(24(7,8)22-23(5)6)25(19-10-2,20-11-3)21-12-4/h18H,9-17H2,1-8H3. The van der Waals surface area contributed by atoms with Crippen LogP contribution in [0.4, 0.5) is 0 Å². The van der Waals surface area contributed by atoms with Crippen molar-refractivity contribution in [3.05, 3.63) is 0 Å². The van der Waals surface area contributed by atoms with Gasteiger partial charge in [-0.2, -0.15) is 0 Å². The van der Waals surface area contributed by atoms with Gasteiger partial charge >= 0.3 is 8.80 Å². The molecule has 1 unspecified atom stereocenters. The second-order valence-corrected chi connectivity index (χ2v) is 17.2. The summed E-state index contributed by atoms with van der Waals surface area (Å²) in [4.78, 5) is 0. The third kappa shape index (κ3) is 9.30. The first-order valence-electron chi connectivity index (χ1n) is 10.2. The van der Waals surface area contributed by atoms with Crippen LogP contribution < -0.4 is 0 Å². The topological polar surface area (TPSA) is 36.9 Å². The van der Waals surface area contributed by atoms with E-state index in [1.54, 1.807) is 0 Å². The molecule has 0 aromatic heterocycles. The molecule has 0 amide bonds. The van der Waals surface area contributed by atoms with Gasteiger partial charge in [0.15, 0.2) is 17.4 Å². The van der Waals surface area contributed by atoms with Gasteiger partial charge in [0.2, 0.25) is 0 Å². The maximum absolute atomic E-state index is 6.56. The highest BCUT2D eigenvalue weighted by atomic mass is 28.5. The Morgan fingerprint density at radius 3 is 1.64 bits per heavy atom. The lowest BCUT2D eigenvalue weighted by molar-refractivity contribution is 0.0650. The van der Waals surface area contributed by atoms with E-state index in [0.717, 1.165) is 6.42 Å². The van der Waals surface area contributed by atoms with E-state index in [0.29, 0.717) is 25.0 Å². The van der Waals surface area contributed by atoms with Gasteiger partial charge in [-0.05, 0) is 53.4 Å². The van der Waals surface area contributed by atoms with E-state index in [1.807, 2.05) is 20.8 Å². The second-order valence-electron chi connectivity index (χ2n) is 7.27. The third-order valence-electron chi connectivity index (χ3n) is 4.37. The van der Waals surface area contributed by atoms with Crippen LogP contribution in [-0.2, 0) is 17.4 Å². The van der Waals surface area contributed by atoms with Gasteiger partial charge in [0.05, 0.1) is 0 Å². The summed E-state index contributed by atoms with van der Waals surface area (Å²) in [5.74, 6) is 0. The average Bonchev–Trinajstić information content (AvgIpc) is 2.50. The van der Waals surface area contributed by atoms with Gasteiger partial charge in [-0.15, -0.1) is 0 Å². The molecule has 0 fully saturated rings. The SMILES string of the molecule is CCCCCCCC([Si](C)(C)O[Si](C)C)[Si](OCC)(OCC)OCC. The Kier molecular flexibility index (Phi) is 13.9. The van der Waals surface area contributed by atoms with Gasteiger partial charge in [0.25, 0.3) is 0 Å². The normalized spacial score (nSPS) is 14.3. The zero-order valence-electron chi connectivity index (χ0n) is 18.1. The average molecular weight is 408 g/mol. The molecule has 0 saturated carbocycles. The van der Waals surface area contributed by atoms with E-state index >= 15 is 0 Å². The summed E-state index contributed by atoms with van der Waals surface area (Å²) in [6.07, 6.45) is 7.50. The van der Waals surface area contributed by atoms with E-state index < -0.39 is 26.2 Å². The summed E-state index contributed by atoms with van der Waals surface area (Å²) in [5.41, 5.74) is 0. The second kappa shape index (κ2) is 13.6. The van der Waals surface area contributed by atoms with Gasteiger partial charge in [-0.3, -0.25) is 0 Å². The van der Waals surface area contributed by atoms with Crippen LogP contribution in [-0.4, -0.2) is 46.0 Å². The molecule has 25 heavy (non-hydrogen) atoms. The Labute approximate surface area is 161 Å². The molecule has 0 heterocycles. The molecule has 0 aliphatic heterocycles. The first kappa shape index (κ1) is 25.5. The maximum atomic E-state index is 6.56. The molecular formula is C18H43O4Si3. The van der Waals surface area contributed by atoms with Crippen molar-refractivity contribution < 1.29 is 17.4 Å². The van der Waals surface area contributed by atoms with Crippen LogP contribution in [0, 0.1) is 0 Å². The smallest absolute Gasteiger partial charge is 0.455 e. The predicted octanol–water partition coefficient (Wildman–Crippen LogP) is 5.78. The molecular weight excluding hydrogens is 364 g/mol. The molecule has 4 nitrogen and oxygen atoms in total. The lowest BCUT2D eigenvalue weighted by Crippen LogP contribution is -2.60. The summed E-state index contributed by atoms with van der Waals surface area (Å²) < 4.78 is 25.4. The molecule has 1 atom stereocenters. The van der Waals surface area contributed by atoms with Crippen LogP contribution in [0.3, 0.4) is 0 Å². The summed E-state index contributed by atoms with van der Waals surface area (Å²) in [7, 11) is -5.48. The minimum Gasteiger partial charge on any atom is -0.455 e. The van der Waals surface area contributed by atoms with Crippen molar-refractivity contribution in [2.75, 3.05) is 19.8 Å². The predicted molar refractivity (Wildman–Crippen MR) is 114 cm³/mol. The summed E-state index contributed by atoms with van der Waals surface area (Å²) in [6.45, 7) is 19.4. The number of rotatable bonds is 16. The Bertz CT molecular complexity index is 310. The molecule has 151 valence electrons. The lowest BCUT2D eigenvalue weighted by atomic mass is 10.1. The monoisotopic (exact) mass is 407 g/mol.